The first kappa shape index (κ1) is 27.2. The number of methoxy groups -OCH3 is 1. The fraction of sp³-hybridized carbons (Fsp3) is 0.179. The third-order valence-electron chi connectivity index (χ3n) is 6.20. The van der Waals surface area contributed by atoms with Crippen LogP contribution in [0.25, 0.3) is 22.5 Å². The summed E-state index contributed by atoms with van der Waals surface area (Å²) in [5, 5.41) is 1.39. The molecule has 4 rings (SSSR count). The van der Waals surface area contributed by atoms with Crippen molar-refractivity contribution in [1.82, 2.24) is 9.55 Å². The molecular formula is C28H28F3N5OS. The fourth-order valence-electron chi connectivity index (χ4n) is 4.24. The first-order valence-corrected chi connectivity index (χ1v) is 12.8. The van der Waals surface area contributed by atoms with Gasteiger partial charge >= 0.3 is 6.18 Å². The van der Waals surface area contributed by atoms with E-state index in [0.717, 1.165) is 33.3 Å². The molecule has 6 nitrogen and oxygen atoms in total. The van der Waals surface area contributed by atoms with Crippen LogP contribution in [0.1, 0.15) is 22.6 Å². The van der Waals surface area contributed by atoms with Gasteiger partial charge in [-0.25, -0.2) is 10.8 Å². The van der Waals surface area contributed by atoms with Gasteiger partial charge in [-0.2, -0.15) is 13.2 Å². The number of nitrogens with zero attached hydrogens (tertiary/aromatic N) is 3. The highest BCUT2D eigenvalue weighted by Gasteiger charge is 2.35. The number of nitrogens with two attached hydrogens (primary N) is 2. The zero-order valence-corrected chi connectivity index (χ0v) is 22.2. The number of thioether (sulfide) groups is 1. The first-order valence-electron chi connectivity index (χ1n) is 11.6. The summed E-state index contributed by atoms with van der Waals surface area (Å²) in [6, 6.07) is 18.9. The Hall–Kier alpha value is -3.89. The van der Waals surface area contributed by atoms with Crippen molar-refractivity contribution < 1.29 is 17.9 Å². The summed E-state index contributed by atoms with van der Waals surface area (Å²) in [5.74, 6) is 7.55. The van der Waals surface area contributed by atoms with Crippen LogP contribution in [0.4, 0.5) is 18.9 Å². The van der Waals surface area contributed by atoms with Crippen molar-refractivity contribution >= 4 is 23.1 Å². The molecule has 0 aliphatic carbocycles. The summed E-state index contributed by atoms with van der Waals surface area (Å²) in [6.07, 6.45) is -0.244. The number of ether oxygens (including phenoxy) is 1. The Labute approximate surface area is 223 Å². The van der Waals surface area contributed by atoms with Gasteiger partial charge in [-0.3, -0.25) is 5.01 Å². The van der Waals surface area contributed by atoms with Crippen molar-refractivity contribution in [3.8, 4) is 22.6 Å². The van der Waals surface area contributed by atoms with Gasteiger partial charge in [0.25, 0.3) is 0 Å². The number of anilines is 1. The Balaban J connectivity index is 1.91. The monoisotopic (exact) mass is 539 g/mol. The molecule has 4 aromatic rings. The van der Waals surface area contributed by atoms with E-state index in [9.17, 15) is 13.2 Å². The number of aromatic nitrogens is 2. The lowest BCUT2D eigenvalue weighted by molar-refractivity contribution is -0.141. The fourth-order valence-corrected chi connectivity index (χ4v) is 4.70. The highest BCUT2D eigenvalue weighted by Crippen LogP contribution is 2.37. The first-order chi connectivity index (χ1) is 18.1. The quantitative estimate of drug-likeness (QED) is 0.158. The van der Waals surface area contributed by atoms with Gasteiger partial charge in [0.1, 0.15) is 11.6 Å². The normalized spacial score (nSPS) is 12.1. The molecule has 1 heterocycles. The number of hydrogen-bond donors (Lipinski definition) is 2. The highest BCUT2D eigenvalue weighted by atomic mass is 32.2. The van der Waals surface area contributed by atoms with Gasteiger partial charge in [-0.1, -0.05) is 18.2 Å². The average Bonchev–Trinajstić information content (AvgIpc) is 3.31. The standard InChI is InChI=1S/C28H28F3N5OS/c1-17-12-21(37-3)9-10-23(17)26(15-32)36(33)25-14-20(19-6-5-7-22(13-19)38-4)8-11-24(25)35-16-27(28(29,30)31)34-18(35)2/h5-16H,32-33H2,1-4H3/b26-15-. The van der Waals surface area contributed by atoms with Crippen molar-refractivity contribution in [2.24, 2.45) is 11.6 Å². The average molecular weight is 540 g/mol. The van der Waals surface area contributed by atoms with Crippen LogP contribution < -0.4 is 21.3 Å². The summed E-state index contributed by atoms with van der Waals surface area (Å²) in [6.45, 7) is 3.42. The van der Waals surface area contributed by atoms with Crippen LogP contribution in [0.3, 0.4) is 0 Å². The van der Waals surface area contributed by atoms with Crippen LogP contribution in [-0.4, -0.2) is 22.9 Å². The zero-order valence-electron chi connectivity index (χ0n) is 21.4. The zero-order chi connectivity index (χ0) is 27.6. The molecule has 0 spiro atoms. The predicted octanol–water partition coefficient (Wildman–Crippen LogP) is 6.54. The minimum absolute atomic E-state index is 0.169. The molecule has 1 aromatic heterocycles. The van der Waals surface area contributed by atoms with Crippen LogP contribution in [0.2, 0.25) is 0 Å². The van der Waals surface area contributed by atoms with E-state index in [1.807, 2.05) is 61.7 Å². The summed E-state index contributed by atoms with van der Waals surface area (Å²) < 4.78 is 47.1. The molecule has 3 aromatic carbocycles. The number of rotatable bonds is 7. The third kappa shape index (κ3) is 5.36. The summed E-state index contributed by atoms with van der Waals surface area (Å²) in [5.41, 5.74) is 9.80. The number of hydrogen-bond acceptors (Lipinski definition) is 6. The van der Waals surface area contributed by atoms with E-state index >= 15 is 0 Å². The molecule has 10 heteroatoms. The maximum absolute atomic E-state index is 13.5. The lowest BCUT2D eigenvalue weighted by Crippen LogP contribution is -2.31. The van der Waals surface area contributed by atoms with E-state index in [0.29, 0.717) is 22.8 Å². The number of aryl methyl sites for hydroxylation is 2. The van der Waals surface area contributed by atoms with Crippen molar-refractivity contribution in [3.63, 3.8) is 0 Å². The molecule has 38 heavy (non-hydrogen) atoms. The molecule has 0 amide bonds. The Morgan fingerprint density at radius 2 is 1.79 bits per heavy atom. The molecule has 0 aliphatic heterocycles. The molecule has 0 radical (unpaired) electrons. The van der Waals surface area contributed by atoms with Crippen molar-refractivity contribution in [1.29, 1.82) is 0 Å². The number of benzene rings is 3. The Morgan fingerprint density at radius 3 is 2.39 bits per heavy atom. The van der Waals surface area contributed by atoms with Gasteiger partial charge in [-0.15, -0.1) is 11.8 Å². The van der Waals surface area contributed by atoms with Gasteiger partial charge in [0.05, 0.1) is 24.2 Å². The minimum Gasteiger partial charge on any atom is -0.497 e. The van der Waals surface area contributed by atoms with Crippen molar-refractivity contribution in [2.45, 2.75) is 24.9 Å². The third-order valence-corrected chi connectivity index (χ3v) is 6.92. The van der Waals surface area contributed by atoms with E-state index < -0.39 is 11.9 Å². The smallest absolute Gasteiger partial charge is 0.434 e. The van der Waals surface area contributed by atoms with Gasteiger partial charge in [0, 0.05) is 22.9 Å². The maximum atomic E-state index is 13.5. The largest absolute Gasteiger partial charge is 0.497 e. The van der Waals surface area contributed by atoms with Crippen LogP contribution in [0, 0.1) is 13.8 Å². The Kier molecular flexibility index (Phi) is 7.75. The second-order valence-corrected chi connectivity index (χ2v) is 9.46. The van der Waals surface area contributed by atoms with Crippen LogP contribution in [0.5, 0.6) is 5.75 Å². The highest BCUT2D eigenvalue weighted by molar-refractivity contribution is 7.98. The lowest BCUT2D eigenvalue weighted by atomic mass is 10.0. The molecule has 0 saturated heterocycles. The van der Waals surface area contributed by atoms with Crippen LogP contribution in [0.15, 0.2) is 78.0 Å². The summed E-state index contributed by atoms with van der Waals surface area (Å²) >= 11 is 1.62. The lowest BCUT2D eigenvalue weighted by Gasteiger charge is -2.27. The van der Waals surface area contributed by atoms with E-state index in [2.05, 4.69) is 4.98 Å². The predicted molar refractivity (Wildman–Crippen MR) is 147 cm³/mol. The number of alkyl halides is 3. The maximum Gasteiger partial charge on any atom is 0.434 e. The van der Waals surface area contributed by atoms with E-state index in [1.165, 1.54) is 22.7 Å². The molecule has 0 atom stereocenters. The molecule has 0 aliphatic rings. The van der Waals surface area contributed by atoms with Gasteiger partial charge in [0.2, 0.25) is 0 Å². The second kappa shape index (κ2) is 10.8. The molecule has 0 fully saturated rings. The molecule has 0 saturated carbocycles. The van der Waals surface area contributed by atoms with E-state index in [4.69, 9.17) is 16.3 Å². The Bertz CT molecular complexity index is 1500. The van der Waals surface area contributed by atoms with E-state index in [-0.39, 0.29) is 5.82 Å². The number of imidazole rings is 1. The second-order valence-electron chi connectivity index (χ2n) is 8.58. The SMILES string of the molecule is COc1ccc(/C(=C/N)N(N)c2cc(-c3cccc(SC)c3)ccc2-n2cc(C(F)(F)F)nc2C)c(C)c1. The minimum atomic E-state index is -4.58. The Morgan fingerprint density at radius 1 is 1.05 bits per heavy atom. The van der Waals surface area contributed by atoms with Crippen molar-refractivity contribution in [3.05, 3.63) is 95.7 Å². The number of halogens is 3. The van der Waals surface area contributed by atoms with Gasteiger partial charge < -0.3 is 15.0 Å². The summed E-state index contributed by atoms with van der Waals surface area (Å²) in [7, 11) is 1.58. The molecule has 0 bridgehead atoms. The van der Waals surface area contributed by atoms with E-state index in [1.54, 1.807) is 31.0 Å². The summed E-state index contributed by atoms with van der Waals surface area (Å²) in [4.78, 5) is 4.82. The molecule has 198 valence electrons. The van der Waals surface area contributed by atoms with Crippen LogP contribution in [-0.2, 0) is 6.18 Å². The molecule has 4 N–H and O–H groups in total. The van der Waals surface area contributed by atoms with Gasteiger partial charge in [-0.05, 0) is 79.3 Å². The van der Waals surface area contributed by atoms with Crippen molar-refractivity contribution in [2.75, 3.05) is 18.4 Å². The number of hydrazine groups is 1. The van der Waals surface area contributed by atoms with Crippen LogP contribution >= 0.6 is 11.8 Å². The molecule has 0 unspecified atom stereocenters. The van der Waals surface area contributed by atoms with Gasteiger partial charge in [0.15, 0.2) is 5.69 Å². The topological polar surface area (TPSA) is 82.3 Å². The molecular weight excluding hydrogens is 511 g/mol.